The quantitative estimate of drug-likeness (QED) is 0.695. The first-order chi connectivity index (χ1) is 14.7. The number of ether oxygens (including phenoxy) is 3. The minimum absolute atomic E-state index is 0.0146. The first-order valence-corrected chi connectivity index (χ1v) is 10.2. The lowest BCUT2D eigenvalue weighted by Crippen LogP contribution is -2.50. The van der Waals surface area contributed by atoms with Crippen LogP contribution < -0.4 is 19.3 Å². The number of carbonyl (C=O) groups excluding carboxylic acids is 1. The molecule has 0 bridgehead atoms. The highest BCUT2D eigenvalue weighted by Crippen LogP contribution is 2.19. The normalized spacial score (nSPS) is 17.0. The zero-order valence-corrected chi connectivity index (χ0v) is 17.2. The van der Waals surface area contributed by atoms with Crippen molar-refractivity contribution >= 4 is 17.5 Å². The van der Waals surface area contributed by atoms with E-state index in [1.165, 1.54) is 0 Å². The van der Waals surface area contributed by atoms with Crippen LogP contribution in [0.2, 0.25) is 0 Å². The Labute approximate surface area is 176 Å². The summed E-state index contributed by atoms with van der Waals surface area (Å²) < 4.78 is 16.1. The molecule has 2 aromatic rings. The number of carbonyl (C=O) groups is 1. The average molecular weight is 413 g/mol. The SMILES string of the molecule is COc1ccc(OCC(=O)N2CCN(c3ccc(N4CCOCC4)nn3)CC2)cc1. The van der Waals surface area contributed by atoms with E-state index in [4.69, 9.17) is 14.2 Å². The number of rotatable bonds is 6. The summed E-state index contributed by atoms with van der Waals surface area (Å²) in [5.41, 5.74) is 0. The van der Waals surface area contributed by atoms with E-state index < -0.39 is 0 Å². The molecule has 4 rings (SSSR count). The highest BCUT2D eigenvalue weighted by molar-refractivity contribution is 5.78. The van der Waals surface area contributed by atoms with Gasteiger partial charge < -0.3 is 28.9 Å². The molecule has 2 fully saturated rings. The van der Waals surface area contributed by atoms with Gasteiger partial charge >= 0.3 is 0 Å². The summed E-state index contributed by atoms with van der Waals surface area (Å²) in [6.45, 7) is 5.87. The van der Waals surface area contributed by atoms with E-state index >= 15 is 0 Å². The first-order valence-electron chi connectivity index (χ1n) is 10.2. The van der Waals surface area contributed by atoms with Crippen molar-refractivity contribution in [1.29, 1.82) is 0 Å². The van der Waals surface area contributed by atoms with E-state index in [0.717, 1.165) is 56.8 Å². The van der Waals surface area contributed by atoms with Crippen molar-refractivity contribution in [3.8, 4) is 11.5 Å². The third-order valence-electron chi connectivity index (χ3n) is 5.35. The third-order valence-corrected chi connectivity index (χ3v) is 5.35. The highest BCUT2D eigenvalue weighted by atomic mass is 16.5. The summed E-state index contributed by atoms with van der Waals surface area (Å²) >= 11 is 0. The van der Waals surface area contributed by atoms with Gasteiger partial charge in [-0.15, -0.1) is 10.2 Å². The maximum Gasteiger partial charge on any atom is 0.260 e. The number of hydrogen-bond donors (Lipinski definition) is 0. The van der Waals surface area contributed by atoms with E-state index in [9.17, 15) is 4.79 Å². The highest BCUT2D eigenvalue weighted by Gasteiger charge is 2.23. The predicted molar refractivity (Wildman–Crippen MR) is 112 cm³/mol. The summed E-state index contributed by atoms with van der Waals surface area (Å²) in [7, 11) is 1.61. The van der Waals surface area contributed by atoms with Crippen LogP contribution in [-0.2, 0) is 9.53 Å². The Morgan fingerprint density at radius 2 is 1.43 bits per heavy atom. The molecule has 2 aliphatic heterocycles. The van der Waals surface area contributed by atoms with E-state index in [2.05, 4.69) is 20.0 Å². The Morgan fingerprint density at radius 3 is 2.00 bits per heavy atom. The predicted octanol–water partition coefficient (Wildman–Crippen LogP) is 1.05. The van der Waals surface area contributed by atoms with Gasteiger partial charge in [-0.05, 0) is 36.4 Å². The molecule has 9 nitrogen and oxygen atoms in total. The van der Waals surface area contributed by atoms with Gasteiger partial charge in [0.05, 0.1) is 20.3 Å². The Bertz CT molecular complexity index is 816. The Hall–Kier alpha value is -3.07. The molecule has 1 aromatic heterocycles. The summed E-state index contributed by atoms with van der Waals surface area (Å²) in [6.07, 6.45) is 0. The van der Waals surface area contributed by atoms with Crippen molar-refractivity contribution in [3.63, 3.8) is 0 Å². The number of aromatic nitrogens is 2. The number of anilines is 2. The Balaban J connectivity index is 1.24. The minimum Gasteiger partial charge on any atom is -0.497 e. The molecule has 0 spiro atoms. The third kappa shape index (κ3) is 4.91. The smallest absolute Gasteiger partial charge is 0.260 e. The van der Waals surface area contributed by atoms with E-state index in [-0.39, 0.29) is 12.5 Å². The van der Waals surface area contributed by atoms with Crippen LogP contribution in [0.3, 0.4) is 0 Å². The van der Waals surface area contributed by atoms with Crippen LogP contribution in [0.15, 0.2) is 36.4 Å². The number of methoxy groups -OCH3 is 1. The molecule has 0 aliphatic carbocycles. The summed E-state index contributed by atoms with van der Waals surface area (Å²) in [6, 6.07) is 11.2. The van der Waals surface area contributed by atoms with Gasteiger partial charge in [0.15, 0.2) is 18.2 Å². The molecule has 3 heterocycles. The van der Waals surface area contributed by atoms with Gasteiger partial charge in [-0.25, -0.2) is 0 Å². The maximum absolute atomic E-state index is 12.5. The van der Waals surface area contributed by atoms with Crippen molar-refractivity contribution in [2.45, 2.75) is 0 Å². The second kappa shape index (κ2) is 9.62. The number of benzene rings is 1. The molecule has 0 saturated carbocycles. The molecule has 1 amide bonds. The zero-order chi connectivity index (χ0) is 20.8. The topological polar surface area (TPSA) is 80.3 Å². The van der Waals surface area contributed by atoms with Gasteiger partial charge in [0.25, 0.3) is 5.91 Å². The van der Waals surface area contributed by atoms with Crippen LogP contribution in [0.4, 0.5) is 11.6 Å². The fourth-order valence-corrected chi connectivity index (χ4v) is 3.54. The van der Waals surface area contributed by atoms with Gasteiger partial charge in [0, 0.05) is 39.3 Å². The van der Waals surface area contributed by atoms with Gasteiger partial charge in [-0.3, -0.25) is 4.79 Å². The van der Waals surface area contributed by atoms with Crippen molar-refractivity contribution in [2.75, 3.05) is 76.0 Å². The summed E-state index contributed by atoms with van der Waals surface area (Å²) in [4.78, 5) is 18.6. The number of hydrogen-bond acceptors (Lipinski definition) is 8. The van der Waals surface area contributed by atoms with Crippen LogP contribution in [0.25, 0.3) is 0 Å². The molecule has 0 radical (unpaired) electrons. The van der Waals surface area contributed by atoms with Gasteiger partial charge in [0.1, 0.15) is 11.5 Å². The molecule has 1 aromatic carbocycles. The van der Waals surface area contributed by atoms with Gasteiger partial charge in [0.2, 0.25) is 0 Å². The lowest BCUT2D eigenvalue weighted by atomic mass is 10.3. The van der Waals surface area contributed by atoms with E-state index in [1.54, 1.807) is 19.2 Å². The molecule has 160 valence electrons. The lowest BCUT2D eigenvalue weighted by Gasteiger charge is -2.35. The second-order valence-electron chi connectivity index (χ2n) is 7.18. The van der Waals surface area contributed by atoms with Crippen molar-refractivity contribution in [1.82, 2.24) is 15.1 Å². The largest absolute Gasteiger partial charge is 0.497 e. The lowest BCUT2D eigenvalue weighted by molar-refractivity contribution is -0.133. The van der Waals surface area contributed by atoms with Gasteiger partial charge in [-0.2, -0.15) is 0 Å². The van der Waals surface area contributed by atoms with Gasteiger partial charge in [-0.1, -0.05) is 0 Å². The first kappa shape index (κ1) is 20.2. The molecule has 30 heavy (non-hydrogen) atoms. The van der Waals surface area contributed by atoms with E-state index in [1.807, 2.05) is 29.2 Å². The van der Waals surface area contributed by atoms with Crippen LogP contribution in [0.5, 0.6) is 11.5 Å². The standard InChI is InChI=1S/C21H27N5O4/c1-28-17-2-4-18(5-3-17)30-16-21(27)26-10-8-24(9-11-26)19-6-7-20(23-22-19)25-12-14-29-15-13-25/h2-7H,8-16H2,1H3. The molecule has 2 saturated heterocycles. The van der Waals surface area contributed by atoms with Crippen LogP contribution in [-0.4, -0.2) is 87.2 Å². The second-order valence-corrected chi connectivity index (χ2v) is 7.18. The zero-order valence-electron chi connectivity index (χ0n) is 17.2. The molecular weight excluding hydrogens is 386 g/mol. The summed E-state index contributed by atoms with van der Waals surface area (Å²) in [5, 5.41) is 8.77. The summed E-state index contributed by atoms with van der Waals surface area (Å²) in [5.74, 6) is 3.11. The molecule has 2 aliphatic rings. The maximum atomic E-state index is 12.5. The number of piperazine rings is 1. The average Bonchev–Trinajstić information content (AvgIpc) is 2.83. The van der Waals surface area contributed by atoms with Crippen LogP contribution in [0, 0.1) is 0 Å². The van der Waals surface area contributed by atoms with Crippen molar-refractivity contribution in [3.05, 3.63) is 36.4 Å². The van der Waals surface area contributed by atoms with E-state index in [0.29, 0.717) is 18.8 Å². The van der Waals surface area contributed by atoms with Crippen LogP contribution in [0.1, 0.15) is 0 Å². The van der Waals surface area contributed by atoms with Crippen molar-refractivity contribution in [2.24, 2.45) is 0 Å². The number of amides is 1. The minimum atomic E-state index is -0.0146. The monoisotopic (exact) mass is 413 g/mol. The molecule has 0 unspecified atom stereocenters. The van der Waals surface area contributed by atoms with Crippen LogP contribution >= 0.6 is 0 Å². The molecular formula is C21H27N5O4. The number of morpholine rings is 1. The van der Waals surface area contributed by atoms with Crippen molar-refractivity contribution < 1.29 is 19.0 Å². The fourth-order valence-electron chi connectivity index (χ4n) is 3.54. The molecule has 0 atom stereocenters. The molecule has 0 N–H and O–H groups in total. The Kier molecular flexibility index (Phi) is 6.48. The Morgan fingerprint density at radius 1 is 0.867 bits per heavy atom. The molecule has 9 heteroatoms. The number of nitrogens with zero attached hydrogens (tertiary/aromatic N) is 5. The fraction of sp³-hybridized carbons (Fsp3) is 0.476.